The fraction of sp³-hybridized carbons (Fsp3) is 0.900. The van der Waals surface area contributed by atoms with Crippen molar-refractivity contribution >= 4 is 0 Å². The first kappa shape index (κ1) is 17.4. The summed E-state index contributed by atoms with van der Waals surface area (Å²) in [5.41, 5.74) is 7.64. The Balaban J connectivity index is 1.88. The van der Waals surface area contributed by atoms with Gasteiger partial charge in [-0.1, -0.05) is 26.0 Å². The minimum absolute atomic E-state index is 0.0652. The molecule has 0 amide bonds. The van der Waals surface area contributed by atoms with Gasteiger partial charge in [-0.2, -0.15) is 0 Å². The van der Waals surface area contributed by atoms with Gasteiger partial charge in [-0.05, 0) is 86.5 Å². The van der Waals surface area contributed by atoms with Crippen molar-refractivity contribution in [2.24, 2.45) is 34.3 Å². The monoisotopic (exact) mass is 321 g/mol. The first-order valence-corrected chi connectivity index (χ1v) is 9.57. The van der Waals surface area contributed by atoms with Gasteiger partial charge in [0.05, 0.1) is 12.2 Å². The van der Waals surface area contributed by atoms with E-state index < -0.39 is 0 Å². The van der Waals surface area contributed by atoms with Crippen LogP contribution < -0.4 is 5.73 Å². The molecule has 0 aromatic rings. The van der Waals surface area contributed by atoms with E-state index in [1.54, 1.807) is 0 Å². The van der Waals surface area contributed by atoms with Gasteiger partial charge in [0.2, 0.25) is 0 Å². The van der Waals surface area contributed by atoms with Crippen LogP contribution in [-0.2, 0) is 0 Å². The molecule has 3 saturated carbocycles. The molecular weight excluding hydrogens is 286 g/mol. The molecule has 3 aliphatic rings. The van der Waals surface area contributed by atoms with E-state index in [1.807, 2.05) is 0 Å². The lowest BCUT2D eigenvalue weighted by Gasteiger charge is -2.55. The van der Waals surface area contributed by atoms with Crippen LogP contribution in [0.3, 0.4) is 0 Å². The first-order valence-electron chi connectivity index (χ1n) is 9.57. The van der Waals surface area contributed by atoms with E-state index in [4.69, 9.17) is 5.73 Å². The number of aliphatic hydroxyl groups excluding tert-OH is 2. The van der Waals surface area contributed by atoms with Crippen LogP contribution in [0.4, 0.5) is 0 Å². The van der Waals surface area contributed by atoms with Crippen molar-refractivity contribution in [1.82, 2.24) is 0 Å². The van der Waals surface area contributed by atoms with Crippen molar-refractivity contribution in [3.63, 3.8) is 0 Å². The van der Waals surface area contributed by atoms with Gasteiger partial charge in [0.1, 0.15) is 0 Å². The molecule has 0 radical (unpaired) electrons. The van der Waals surface area contributed by atoms with Crippen molar-refractivity contribution < 1.29 is 10.2 Å². The maximum Gasteiger partial charge on any atom is 0.0621 e. The largest absolute Gasteiger partial charge is 0.393 e. The highest BCUT2D eigenvalue weighted by Gasteiger charge is 2.56. The van der Waals surface area contributed by atoms with Crippen molar-refractivity contribution in [2.45, 2.75) is 77.4 Å². The van der Waals surface area contributed by atoms with E-state index in [1.165, 1.54) is 24.8 Å². The van der Waals surface area contributed by atoms with Crippen LogP contribution in [0.5, 0.6) is 0 Å². The third-order valence-corrected chi connectivity index (χ3v) is 8.01. The number of hydrogen-bond donors (Lipinski definition) is 3. The number of allylic oxidation sites excluding steroid dienone is 1. The van der Waals surface area contributed by atoms with E-state index in [2.05, 4.69) is 20.4 Å². The van der Waals surface area contributed by atoms with Crippen LogP contribution in [0.15, 0.2) is 12.2 Å². The average Bonchev–Trinajstić information content (AvgIpc) is 2.80. The van der Waals surface area contributed by atoms with Gasteiger partial charge in [-0.15, -0.1) is 0 Å². The number of hydrogen-bond acceptors (Lipinski definition) is 3. The Morgan fingerprint density at radius 1 is 1.13 bits per heavy atom. The van der Waals surface area contributed by atoms with Crippen LogP contribution >= 0.6 is 0 Å². The molecule has 0 heterocycles. The summed E-state index contributed by atoms with van der Waals surface area (Å²) in [6.07, 6.45) is 7.42. The molecule has 4 N–H and O–H groups in total. The second-order valence-electron chi connectivity index (χ2n) is 9.00. The van der Waals surface area contributed by atoms with Gasteiger partial charge in [0.15, 0.2) is 0 Å². The van der Waals surface area contributed by atoms with E-state index in [-0.39, 0.29) is 23.0 Å². The van der Waals surface area contributed by atoms with Crippen LogP contribution in [-0.4, -0.2) is 29.0 Å². The van der Waals surface area contributed by atoms with Crippen LogP contribution in [0, 0.1) is 28.6 Å². The zero-order valence-electron chi connectivity index (χ0n) is 14.9. The van der Waals surface area contributed by atoms with Crippen LogP contribution in [0.25, 0.3) is 0 Å². The molecule has 3 nitrogen and oxygen atoms in total. The molecule has 3 rings (SSSR count). The summed E-state index contributed by atoms with van der Waals surface area (Å²) in [5, 5.41) is 20.7. The van der Waals surface area contributed by atoms with Crippen LogP contribution in [0.2, 0.25) is 0 Å². The summed E-state index contributed by atoms with van der Waals surface area (Å²) in [7, 11) is 0. The maximum absolute atomic E-state index is 10.8. The highest BCUT2D eigenvalue weighted by Crippen LogP contribution is 2.63. The molecule has 7 atom stereocenters. The average molecular weight is 322 g/mol. The molecule has 0 aliphatic heterocycles. The lowest BCUT2D eigenvalue weighted by Crippen LogP contribution is -2.52. The maximum atomic E-state index is 10.8. The summed E-state index contributed by atoms with van der Waals surface area (Å²) in [4.78, 5) is 0. The molecule has 0 bridgehead atoms. The van der Waals surface area contributed by atoms with Gasteiger partial charge in [-0.3, -0.25) is 0 Å². The second-order valence-corrected chi connectivity index (χ2v) is 9.00. The van der Waals surface area contributed by atoms with Gasteiger partial charge in [0.25, 0.3) is 0 Å². The third-order valence-electron chi connectivity index (χ3n) is 8.01. The Labute approximate surface area is 141 Å². The molecule has 23 heavy (non-hydrogen) atoms. The van der Waals surface area contributed by atoms with Gasteiger partial charge >= 0.3 is 0 Å². The third kappa shape index (κ3) is 2.69. The zero-order valence-corrected chi connectivity index (χ0v) is 14.9. The topological polar surface area (TPSA) is 66.5 Å². The fourth-order valence-electron chi connectivity index (χ4n) is 6.33. The molecule has 3 fully saturated rings. The molecular formula is C20H35NO2. The molecule has 0 saturated heterocycles. The SMILES string of the molecule is C=C1CCC2C(CCN)C(C3(C)CCC(O)CC3O)CCC12C. The van der Waals surface area contributed by atoms with Crippen molar-refractivity contribution in [3.8, 4) is 0 Å². The fourth-order valence-corrected chi connectivity index (χ4v) is 6.33. The van der Waals surface area contributed by atoms with Crippen molar-refractivity contribution in [2.75, 3.05) is 6.54 Å². The summed E-state index contributed by atoms with van der Waals surface area (Å²) < 4.78 is 0. The number of fused-ring (bicyclic) bond motifs is 1. The second kappa shape index (κ2) is 6.16. The molecule has 3 heteroatoms. The van der Waals surface area contributed by atoms with E-state index in [0.29, 0.717) is 24.2 Å². The molecule has 7 unspecified atom stereocenters. The number of nitrogens with two attached hydrogens (primary N) is 1. The Morgan fingerprint density at radius 3 is 2.52 bits per heavy atom. The highest BCUT2D eigenvalue weighted by molar-refractivity contribution is 5.20. The minimum atomic E-state index is -0.384. The predicted molar refractivity (Wildman–Crippen MR) is 93.8 cm³/mol. The standard InChI is InChI=1S/C20H35NO2/c1-13-4-5-16-15(8-11-21)17(7-10-19(13,16)2)20(3)9-6-14(22)12-18(20)23/h14-18,22-23H,1,4-12,21H2,2-3H3. The Morgan fingerprint density at radius 2 is 1.87 bits per heavy atom. The van der Waals surface area contributed by atoms with Gasteiger partial charge in [-0.25, -0.2) is 0 Å². The summed E-state index contributed by atoms with van der Waals surface area (Å²) >= 11 is 0. The first-order chi connectivity index (χ1) is 10.8. The Bertz CT molecular complexity index is 465. The summed E-state index contributed by atoms with van der Waals surface area (Å²) in [5.74, 6) is 1.79. The number of aliphatic hydroxyl groups is 2. The summed E-state index contributed by atoms with van der Waals surface area (Å²) in [6, 6.07) is 0. The van der Waals surface area contributed by atoms with Crippen molar-refractivity contribution in [3.05, 3.63) is 12.2 Å². The molecule has 0 aromatic heterocycles. The lowest BCUT2D eigenvalue weighted by molar-refractivity contribution is -0.119. The Hall–Kier alpha value is -0.380. The molecule has 3 aliphatic carbocycles. The predicted octanol–water partition coefficient (Wildman–Crippen LogP) is 3.25. The van der Waals surface area contributed by atoms with E-state index in [9.17, 15) is 10.2 Å². The van der Waals surface area contributed by atoms with Crippen LogP contribution in [0.1, 0.15) is 65.2 Å². The number of rotatable bonds is 3. The Kier molecular flexibility index (Phi) is 4.67. The smallest absolute Gasteiger partial charge is 0.0621 e. The van der Waals surface area contributed by atoms with E-state index in [0.717, 1.165) is 32.2 Å². The molecule has 0 spiro atoms. The summed E-state index contributed by atoms with van der Waals surface area (Å²) in [6.45, 7) is 9.78. The zero-order chi connectivity index (χ0) is 16.8. The van der Waals surface area contributed by atoms with Crippen molar-refractivity contribution in [1.29, 1.82) is 0 Å². The lowest BCUT2D eigenvalue weighted by atomic mass is 9.50. The molecule has 132 valence electrons. The minimum Gasteiger partial charge on any atom is -0.393 e. The van der Waals surface area contributed by atoms with E-state index >= 15 is 0 Å². The quantitative estimate of drug-likeness (QED) is 0.699. The highest BCUT2D eigenvalue weighted by atomic mass is 16.3. The normalized spacial score (nSPS) is 50.8. The van der Waals surface area contributed by atoms with Gasteiger partial charge < -0.3 is 15.9 Å². The van der Waals surface area contributed by atoms with Gasteiger partial charge in [0, 0.05) is 0 Å². The molecule has 0 aromatic carbocycles.